The number of thiazole rings is 1. The molecule has 36 heavy (non-hydrogen) atoms. The monoisotopic (exact) mass is 520 g/mol. The van der Waals surface area contributed by atoms with E-state index in [2.05, 4.69) is 88.5 Å². The molecule has 0 radical (unpaired) electrons. The summed E-state index contributed by atoms with van der Waals surface area (Å²) >= 11 is 3.02. The summed E-state index contributed by atoms with van der Waals surface area (Å²) in [6.07, 6.45) is 2.95. The van der Waals surface area contributed by atoms with Crippen LogP contribution in [0.15, 0.2) is 60.5 Å². The molecule has 3 aromatic rings. The molecule has 6 N–H and O–H groups in total. The van der Waals surface area contributed by atoms with Crippen molar-refractivity contribution in [3.63, 3.8) is 0 Å². The van der Waals surface area contributed by atoms with Gasteiger partial charge in [0.1, 0.15) is 11.2 Å². The second-order valence-corrected chi connectivity index (χ2v) is 10.4. The van der Waals surface area contributed by atoms with E-state index in [0.717, 1.165) is 52.3 Å². The average Bonchev–Trinajstić information content (AvgIpc) is 3.51. The maximum Gasteiger partial charge on any atom is 0.321 e. The number of nitrogens with zero attached hydrogens (tertiary/aromatic N) is 1. The molecule has 0 saturated heterocycles. The summed E-state index contributed by atoms with van der Waals surface area (Å²) in [7, 11) is 0. The highest BCUT2D eigenvalue weighted by molar-refractivity contribution is 8.02. The topological polar surface area (TPSA) is 104 Å². The van der Waals surface area contributed by atoms with Crippen LogP contribution in [-0.4, -0.2) is 17.6 Å². The van der Waals surface area contributed by atoms with Crippen LogP contribution < -0.4 is 27.0 Å². The lowest BCUT2D eigenvalue weighted by atomic mass is 10.1. The van der Waals surface area contributed by atoms with Crippen molar-refractivity contribution < 1.29 is 4.79 Å². The Morgan fingerprint density at radius 2 is 2.00 bits per heavy atom. The number of hydrogen-bond acceptors (Lipinski definition) is 7. The smallest absolute Gasteiger partial charge is 0.321 e. The van der Waals surface area contributed by atoms with Gasteiger partial charge in [-0.3, -0.25) is 5.32 Å². The Hall–Kier alpha value is -3.43. The summed E-state index contributed by atoms with van der Waals surface area (Å²) in [5.41, 5.74) is 12.4. The van der Waals surface area contributed by atoms with E-state index < -0.39 is 0 Å². The van der Waals surface area contributed by atoms with E-state index in [0.29, 0.717) is 17.5 Å². The molecule has 0 aliphatic carbocycles. The third-order valence-electron chi connectivity index (χ3n) is 5.72. The van der Waals surface area contributed by atoms with Gasteiger partial charge < -0.3 is 21.7 Å². The van der Waals surface area contributed by atoms with Gasteiger partial charge in [0.15, 0.2) is 5.13 Å². The molecule has 2 heterocycles. The normalized spacial score (nSPS) is 14.6. The van der Waals surface area contributed by atoms with E-state index in [1.165, 1.54) is 16.9 Å². The van der Waals surface area contributed by atoms with Crippen molar-refractivity contribution in [2.75, 3.05) is 22.9 Å². The Kier molecular flexibility index (Phi) is 8.56. The van der Waals surface area contributed by atoms with Gasteiger partial charge in [0.25, 0.3) is 0 Å². The zero-order valence-electron chi connectivity index (χ0n) is 20.6. The molecule has 9 heteroatoms. The van der Waals surface area contributed by atoms with Crippen molar-refractivity contribution in [3.05, 3.63) is 82.1 Å². The number of carbonyl (C=O) groups excluding carboxylic acids is 1. The molecule has 188 valence electrons. The number of nitrogens with one attached hydrogen (secondary N) is 4. The number of aromatic nitrogens is 1. The van der Waals surface area contributed by atoms with Gasteiger partial charge in [-0.25, -0.2) is 9.78 Å². The first-order valence-corrected chi connectivity index (χ1v) is 13.8. The van der Waals surface area contributed by atoms with E-state index in [4.69, 9.17) is 5.73 Å². The predicted octanol–water partition coefficient (Wildman–Crippen LogP) is 6.63. The molecule has 2 amide bonds. The number of rotatable bonds is 10. The summed E-state index contributed by atoms with van der Waals surface area (Å²) < 4.78 is 0. The molecule has 1 aliphatic rings. The third-order valence-corrected chi connectivity index (χ3v) is 7.91. The number of anilines is 3. The largest absolute Gasteiger partial charge is 0.383 e. The Morgan fingerprint density at radius 3 is 2.81 bits per heavy atom. The number of benzene rings is 2. The summed E-state index contributed by atoms with van der Waals surface area (Å²) in [4.78, 5) is 17.3. The Morgan fingerprint density at radius 1 is 1.17 bits per heavy atom. The molecular weight excluding hydrogens is 488 g/mol. The fourth-order valence-corrected chi connectivity index (χ4v) is 5.76. The molecule has 0 spiro atoms. The highest BCUT2D eigenvalue weighted by atomic mass is 32.2. The van der Waals surface area contributed by atoms with Crippen LogP contribution in [-0.2, 0) is 6.42 Å². The van der Waals surface area contributed by atoms with Crippen LogP contribution in [0.4, 0.5) is 21.4 Å². The number of nitrogen functional groups attached to an aromatic ring is 1. The highest BCUT2D eigenvalue weighted by Crippen LogP contribution is 2.43. The van der Waals surface area contributed by atoms with E-state index in [9.17, 15) is 4.79 Å². The van der Waals surface area contributed by atoms with Gasteiger partial charge in [0, 0.05) is 29.2 Å². The number of thioether (sulfide) groups is 1. The van der Waals surface area contributed by atoms with Crippen molar-refractivity contribution in [3.8, 4) is 0 Å². The van der Waals surface area contributed by atoms with Crippen LogP contribution in [0.1, 0.15) is 53.6 Å². The number of hydrogen-bond donors (Lipinski definition) is 5. The SMILES string of the molecule is C=C(Nc1cccc(C2=CSC(c3sc(NC(=O)NCCCC)nc3N)N2)c1)c1cccc(CC)c1. The number of unbranched alkanes of at least 4 members (excludes halogenated alkanes) is 1. The summed E-state index contributed by atoms with van der Waals surface area (Å²) in [5, 5.41) is 15.1. The maximum atomic E-state index is 12.1. The molecule has 1 aliphatic heterocycles. The fourth-order valence-electron chi connectivity index (χ4n) is 3.72. The Balaban J connectivity index is 1.38. The first kappa shape index (κ1) is 25.7. The summed E-state index contributed by atoms with van der Waals surface area (Å²) in [6.45, 7) is 9.09. The number of carbonyl (C=O) groups is 1. The van der Waals surface area contributed by atoms with E-state index in [-0.39, 0.29) is 11.4 Å². The standard InChI is InChI=1S/C27H32N6OS2/c1-4-6-13-29-26(34)33-27-32-24(28)23(36-27)25-31-22(16-35-25)20-11-8-12-21(15-20)30-17(3)19-10-7-9-18(5-2)14-19/h7-12,14-16,25,30-31H,3-6,13,28H2,1-2H3,(H2,29,32,33,34). The van der Waals surface area contributed by atoms with Crippen molar-refractivity contribution in [2.45, 2.75) is 38.5 Å². The maximum absolute atomic E-state index is 12.1. The number of amides is 2. The minimum absolute atomic E-state index is 0.0698. The lowest BCUT2D eigenvalue weighted by Gasteiger charge is -2.14. The molecular formula is C27H32N6OS2. The second-order valence-electron chi connectivity index (χ2n) is 8.43. The second kappa shape index (κ2) is 12.0. The van der Waals surface area contributed by atoms with Crippen LogP contribution in [0.25, 0.3) is 11.4 Å². The van der Waals surface area contributed by atoms with Crippen molar-refractivity contribution >= 4 is 57.2 Å². The molecule has 2 aromatic carbocycles. The first-order chi connectivity index (χ1) is 17.5. The average molecular weight is 521 g/mol. The predicted molar refractivity (Wildman–Crippen MR) is 155 cm³/mol. The molecule has 0 bridgehead atoms. The van der Waals surface area contributed by atoms with Crippen molar-refractivity contribution in [1.82, 2.24) is 15.6 Å². The molecule has 7 nitrogen and oxygen atoms in total. The first-order valence-electron chi connectivity index (χ1n) is 12.1. The van der Waals surface area contributed by atoms with Crippen LogP contribution >= 0.6 is 23.1 Å². The molecule has 0 fully saturated rings. The summed E-state index contributed by atoms with van der Waals surface area (Å²) in [5.74, 6) is 0.421. The molecule has 1 atom stereocenters. The van der Waals surface area contributed by atoms with Gasteiger partial charge in [0.2, 0.25) is 0 Å². The highest BCUT2D eigenvalue weighted by Gasteiger charge is 2.25. The van der Waals surface area contributed by atoms with Gasteiger partial charge in [-0.05, 0) is 47.6 Å². The minimum Gasteiger partial charge on any atom is -0.383 e. The van der Waals surface area contributed by atoms with Crippen LogP contribution in [0.2, 0.25) is 0 Å². The van der Waals surface area contributed by atoms with Crippen LogP contribution in [0.5, 0.6) is 0 Å². The zero-order valence-corrected chi connectivity index (χ0v) is 22.2. The Bertz CT molecular complexity index is 1270. The van der Waals surface area contributed by atoms with Gasteiger partial charge in [-0.1, -0.05) is 68.5 Å². The molecule has 1 aromatic heterocycles. The van der Waals surface area contributed by atoms with Gasteiger partial charge in [-0.15, -0.1) is 11.8 Å². The van der Waals surface area contributed by atoms with E-state index in [1.807, 2.05) is 12.1 Å². The third kappa shape index (κ3) is 6.41. The number of urea groups is 1. The molecule has 0 saturated carbocycles. The minimum atomic E-state index is -0.262. The van der Waals surface area contributed by atoms with Gasteiger partial charge in [0.05, 0.1) is 4.88 Å². The summed E-state index contributed by atoms with van der Waals surface area (Å²) in [6, 6.07) is 16.4. The number of aryl methyl sites for hydroxylation is 1. The lowest BCUT2D eigenvalue weighted by Crippen LogP contribution is -2.29. The lowest BCUT2D eigenvalue weighted by molar-refractivity contribution is 0.252. The quantitative estimate of drug-likeness (QED) is 0.192. The fraction of sp³-hybridized carbons (Fsp3) is 0.259. The van der Waals surface area contributed by atoms with Crippen LogP contribution in [0, 0.1) is 0 Å². The van der Waals surface area contributed by atoms with Crippen molar-refractivity contribution in [2.24, 2.45) is 0 Å². The Labute approximate surface area is 220 Å². The van der Waals surface area contributed by atoms with Crippen LogP contribution in [0.3, 0.4) is 0 Å². The number of nitrogens with two attached hydrogens (primary N) is 1. The van der Waals surface area contributed by atoms with Gasteiger partial charge >= 0.3 is 6.03 Å². The van der Waals surface area contributed by atoms with Crippen molar-refractivity contribution in [1.29, 1.82) is 0 Å². The van der Waals surface area contributed by atoms with Gasteiger partial charge in [-0.2, -0.15) is 0 Å². The molecule has 4 rings (SSSR count). The van der Waals surface area contributed by atoms with E-state index in [1.54, 1.807) is 11.8 Å². The molecule has 1 unspecified atom stereocenters. The van der Waals surface area contributed by atoms with E-state index >= 15 is 0 Å². The zero-order chi connectivity index (χ0) is 25.5.